The fourth-order valence-electron chi connectivity index (χ4n) is 1.45. The van der Waals surface area contributed by atoms with E-state index in [1.54, 1.807) is 19.5 Å². The molecule has 1 unspecified atom stereocenters. The average Bonchev–Trinajstić information content (AvgIpc) is 2.83. The number of furan rings is 1. The highest BCUT2D eigenvalue weighted by Gasteiger charge is 2.12. The second-order valence-corrected chi connectivity index (χ2v) is 4.48. The predicted octanol–water partition coefficient (Wildman–Crippen LogP) is 2.31. The molecule has 1 atom stereocenters. The lowest BCUT2D eigenvalue weighted by Gasteiger charge is -2.13. The van der Waals surface area contributed by atoms with Crippen molar-refractivity contribution < 1.29 is 4.42 Å². The summed E-state index contributed by atoms with van der Waals surface area (Å²) in [5.74, 6) is 0.803. The minimum absolute atomic E-state index is 0.0322. The minimum atomic E-state index is -0.179. The summed E-state index contributed by atoms with van der Waals surface area (Å²) in [7, 11) is 1.60. The average molecular weight is 298 g/mol. The number of rotatable bonds is 3. The highest BCUT2D eigenvalue weighted by molar-refractivity contribution is 9.10. The number of hydrogen-bond acceptors (Lipinski definition) is 4. The van der Waals surface area contributed by atoms with E-state index >= 15 is 0 Å². The zero-order valence-corrected chi connectivity index (χ0v) is 11.1. The lowest BCUT2D eigenvalue weighted by molar-refractivity contribution is 0.490. The topological polar surface area (TPSA) is 60.1 Å². The fraction of sp³-hybridized carbons (Fsp3) is 0.273. The van der Waals surface area contributed by atoms with Crippen LogP contribution in [0.5, 0.6) is 0 Å². The molecule has 2 rings (SSSR count). The van der Waals surface area contributed by atoms with Crippen LogP contribution < -0.4 is 10.9 Å². The van der Waals surface area contributed by atoms with Gasteiger partial charge in [-0.3, -0.25) is 4.79 Å². The van der Waals surface area contributed by atoms with Crippen molar-refractivity contribution in [3.05, 3.63) is 45.2 Å². The summed E-state index contributed by atoms with van der Waals surface area (Å²) in [6.45, 7) is 1.95. The van der Waals surface area contributed by atoms with Crippen LogP contribution >= 0.6 is 15.9 Å². The summed E-state index contributed by atoms with van der Waals surface area (Å²) in [5.41, 5.74) is 0.471. The molecule has 0 saturated heterocycles. The van der Waals surface area contributed by atoms with E-state index in [9.17, 15) is 4.79 Å². The molecule has 90 valence electrons. The van der Waals surface area contributed by atoms with Crippen LogP contribution in [0.15, 0.2) is 38.3 Å². The third-order valence-electron chi connectivity index (χ3n) is 2.42. The molecule has 2 aromatic heterocycles. The largest absolute Gasteiger partial charge is 0.467 e. The van der Waals surface area contributed by atoms with E-state index in [2.05, 4.69) is 26.3 Å². The van der Waals surface area contributed by atoms with E-state index in [0.717, 1.165) is 5.76 Å². The van der Waals surface area contributed by atoms with Crippen molar-refractivity contribution in [1.29, 1.82) is 0 Å². The van der Waals surface area contributed by atoms with Gasteiger partial charge in [-0.25, -0.2) is 4.68 Å². The SMILES string of the molecule is CC(Nc1cnn(C)c(=O)c1Br)c1ccco1. The second kappa shape index (κ2) is 4.75. The monoisotopic (exact) mass is 297 g/mol. The van der Waals surface area contributed by atoms with E-state index in [1.807, 2.05) is 19.1 Å². The first-order chi connectivity index (χ1) is 8.09. The number of nitrogens with zero attached hydrogens (tertiary/aromatic N) is 2. The summed E-state index contributed by atoms with van der Waals surface area (Å²) in [4.78, 5) is 11.6. The van der Waals surface area contributed by atoms with E-state index < -0.39 is 0 Å². The molecule has 1 N–H and O–H groups in total. The first-order valence-electron chi connectivity index (χ1n) is 5.11. The van der Waals surface area contributed by atoms with Crippen molar-refractivity contribution in [3.8, 4) is 0 Å². The molecule has 2 aromatic rings. The molecule has 0 aliphatic rings. The van der Waals surface area contributed by atoms with Gasteiger partial charge in [0, 0.05) is 7.05 Å². The molecule has 0 aromatic carbocycles. The molecule has 0 aliphatic carbocycles. The van der Waals surface area contributed by atoms with Crippen LogP contribution in [0.2, 0.25) is 0 Å². The molecule has 0 aliphatic heterocycles. The van der Waals surface area contributed by atoms with E-state index in [1.165, 1.54) is 4.68 Å². The lowest BCUT2D eigenvalue weighted by Crippen LogP contribution is -2.21. The smallest absolute Gasteiger partial charge is 0.282 e. The highest BCUT2D eigenvalue weighted by Crippen LogP contribution is 2.23. The molecule has 0 fully saturated rings. The van der Waals surface area contributed by atoms with Crippen LogP contribution in [-0.2, 0) is 7.05 Å². The molecule has 17 heavy (non-hydrogen) atoms. The van der Waals surface area contributed by atoms with Crippen LogP contribution in [0, 0.1) is 0 Å². The van der Waals surface area contributed by atoms with Crippen molar-refractivity contribution in [1.82, 2.24) is 9.78 Å². The maximum Gasteiger partial charge on any atom is 0.282 e. The Labute approximate surface area is 107 Å². The number of aromatic nitrogens is 2. The molecule has 0 saturated carbocycles. The van der Waals surface area contributed by atoms with Gasteiger partial charge in [0.15, 0.2) is 0 Å². The summed E-state index contributed by atoms with van der Waals surface area (Å²) in [5, 5.41) is 7.12. The van der Waals surface area contributed by atoms with Gasteiger partial charge in [0.2, 0.25) is 0 Å². The van der Waals surface area contributed by atoms with Crippen LogP contribution in [0.3, 0.4) is 0 Å². The Bertz CT molecular complexity index is 563. The fourth-order valence-corrected chi connectivity index (χ4v) is 1.93. The predicted molar refractivity (Wildman–Crippen MR) is 67.9 cm³/mol. The third kappa shape index (κ3) is 2.41. The Kier molecular flexibility index (Phi) is 3.33. The number of nitrogens with one attached hydrogen (secondary N) is 1. The molecule has 5 nitrogen and oxygen atoms in total. The normalized spacial score (nSPS) is 12.4. The summed E-state index contributed by atoms with van der Waals surface area (Å²) in [6, 6.07) is 3.67. The van der Waals surface area contributed by atoms with Crippen LogP contribution in [0.4, 0.5) is 5.69 Å². The molecule has 0 radical (unpaired) electrons. The lowest BCUT2D eigenvalue weighted by atomic mass is 10.2. The first kappa shape index (κ1) is 11.9. The van der Waals surface area contributed by atoms with Crippen molar-refractivity contribution >= 4 is 21.6 Å². The maximum atomic E-state index is 11.6. The van der Waals surface area contributed by atoms with Gasteiger partial charge in [-0.05, 0) is 35.0 Å². The standard InChI is InChI=1S/C11H12BrN3O2/c1-7(9-4-3-5-17-9)14-8-6-13-15(2)11(16)10(8)12/h3-7,14H,1-2H3. The molecular formula is C11H12BrN3O2. The number of halogens is 1. The van der Waals surface area contributed by atoms with Crippen molar-refractivity contribution in [3.63, 3.8) is 0 Å². The van der Waals surface area contributed by atoms with Crippen molar-refractivity contribution in [2.75, 3.05) is 5.32 Å². The van der Waals surface area contributed by atoms with Gasteiger partial charge in [-0.2, -0.15) is 5.10 Å². The molecule has 0 bridgehead atoms. The van der Waals surface area contributed by atoms with Crippen LogP contribution in [0.25, 0.3) is 0 Å². The van der Waals surface area contributed by atoms with Crippen LogP contribution in [0.1, 0.15) is 18.7 Å². The quantitative estimate of drug-likeness (QED) is 0.944. The maximum absolute atomic E-state index is 11.6. The Hall–Kier alpha value is -1.56. The zero-order valence-electron chi connectivity index (χ0n) is 9.48. The number of hydrogen-bond donors (Lipinski definition) is 1. The molecule has 6 heteroatoms. The minimum Gasteiger partial charge on any atom is -0.467 e. The van der Waals surface area contributed by atoms with Gasteiger partial charge in [-0.15, -0.1) is 0 Å². The Morgan fingerprint density at radius 3 is 3.00 bits per heavy atom. The van der Waals surface area contributed by atoms with Gasteiger partial charge < -0.3 is 9.73 Å². The molecule has 0 spiro atoms. The summed E-state index contributed by atoms with van der Waals surface area (Å²) in [6.07, 6.45) is 3.22. The van der Waals surface area contributed by atoms with Crippen LogP contribution in [-0.4, -0.2) is 9.78 Å². The second-order valence-electron chi connectivity index (χ2n) is 3.68. The summed E-state index contributed by atoms with van der Waals surface area (Å²) >= 11 is 3.26. The van der Waals surface area contributed by atoms with Gasteiger partial charge >= 0.3 is 0 Å². The van der Waals surface area contributed by atoms with E-state index in [4.69, 9.17) is 4.42 Å². The molecule has 0 amide bonds. The number of aryl methyl sites for hydroxylation is 1. The number of anilines is 1. The van der Waals surface area contributed by atoms with Gasteiger partial charge in [-0.1, -0.05) is 0 Å². The summed E-state index contributed by atoms with van der Waals surface area (Å²) < 4.78 is 7.02. The molecule has 2 heterocycles. The van der Waals surface area contributed by atoms with E-state index in [0.29, 0.717) is 10.2 Å². The van der Waals surface area contributed by atoms with Gasteiger partial charge in [0.05, 0.1) is 24.2 Å². The van der Waals surface area contributed by atoms with Crippen molar-refractivity contribution in [2.45, 2.75) is 13.0 Å². The Morgan fingerprint density at radius 2 is 2.35 bits per heavy atom. The Balaban J connectivity index is 2.25. The highest BCUT2D eigenvalue weighted by atomic mass is 79.9. The van der Waals surface area contributed by atoms with Gasteiger partial charge in [0.1, 0.15) is 10.2 Å². The molecular weight excluding hydrogens is 286 g/mol. The third-order valence-corrected chi connectivity index (χ3v) is 3.19. The Morgan fingerprint density at radius 1 is 1.59 bits per heavy atom. The van der Waals surface area contributed by atoms with Gasteiger partial charge in [0.25, 0.3) is 5.56 Å². The zero-order chi connectivity index (χ0) is 12.4. The first-order valence-corrected chi connectivity index (χ1v) is 5.90. The van der Waals surface area contributed by atoms with Crippen molar-refractivity contribution in [2.24, 2.45) is 7.05 Å². The van der Waals surface area contributed by atoms with E-state index in [-0.39, 0.29) is 11.6 Å².